The van der Waals surface area contributed by atoms with Crippen LogP contribution in [0, 0.1) is 0 Å². The maximum Gasteiger partial charge on any atom is 0.328 e. The Morgan fingerprint density at radius 3 is 2.67 bits per heavy atom. The van der Waals surface area contributed by atoms with Gasteiger partial charge in [0.1, 0.15) is 0 Å². The van der Waals surface area contributed by atoms with Gasteiger partial charge in [0.25, 0.3) is 5.91 Å². The quantitative estimate of drug-likeness (QED) is 0.724. The number of carboxylic acid groups (broad SMARTS) is 1. The fraction of sp³-hybridized carbons (Fsp3) is 0.400. The van der Waals surface area contributed by atoms with E-state index in [0.29, 0.717) is 24.0 Å². The van der Waals surface area contributed by atoms with Crippen molar-refractivity contribution in [3.05, 3.63) is 35.7 Å². The second kappa shape index (κ2) is 6.99. The van der Waals surface area contributed by atoms with Gasteiger partial charge in [-0.3, -0.25) is 9.78 Å². The van der Waals surface area contributed by atoms with Gasteiger partial charge in [-0.15, -0.1) is 0 Å². The molecule has 0 radical (unpaired) electrons. The van der Waals surface area contributed by atoms with Crippen LogP contribution in [0.5, 0.6) is 0 Å². The molecule has 1 amide bonds. The lowest BCUT2D eigenvalue weighted by Gasteiger charge is -2.26. The maximum absolute atomic E-state index is 12.3. The highest BCUT2D eigenvalue weighted by atomic mass is 16.4. The molecule has 0 bridgehead atoms. The van der Waals surface area contributed by atoms with Crippen molar-refractivity contribution >= 4 is 18.0 Å². The Morgan fingerprint density at radius 1 is 1.29 bits per heavy atom. The van der Waals surface area contributed by atoms with Crippen molar-refractivity contribution in [2.75, 3.05) is 0 Å². The van der Waals surface area contributed by atoms with Crippen LogP contribution in [0.25, 0.3) is 6.08 Å². The minimum Gasteiger partial charge on any atom is -0.478 e. The molecule has 1 heterocycles. The number of rotatable bonds is 4. The number of hydrogen-bond donors (Lipinski definition) is 3. The molecule has 21 heavy (non-hydrogen) atoms. The Hall–Kier alpha value is -2.21. The fourth-order valence-electron chi connectivity index (χ4n) is 2.39. The van der Waals surface area contributed by atoms with Gasteiger partial charge in [-0.25, -0.2) is 4.79 Å². The second-order valence-corrected chi connectivity index (χ2v) is 5.11. The number of carboxylic acids is 1. The second-order valence-electron chi connectivity index (χ2n) is 5.11. The van der Waals surface area contributed by atoms with E-state index in [1.165, 1.54) is 18.5 Å². The number of pyridine rings is 1. The summed E-state index contributed by atoms with van der Waals surface area (Å²) in [7, 11) is 0. The van der Waals surface area contributed by atoms with Crippen molar-refractivity contribution < 1.29 is 19.8 Å². The SMILES string of the molecule is O=C(O)/C=C/c1cnccc1C(=O)NC1CCC(O)CC1. The number of hydrogen-bond acceptors (Lipinski definition) is 4. The highest BCUT2D eigenvalue weighted by Gasteiger charge is 2.21. The number of nitrogens with one attached hydrogen (secondary N) is 1. The summed E-state index contributed by atoms with van der Waals surface area (Å²) in [5.74, 6) is -1.32. The van der Waals surface area contributed by atoms with E-state index in [1.807, 2.05) is 0 Å². The molecule has 0 saturated heterocycles. The van der Waals surface area contributed by atoms with E-state index in [4.69, 9.17) is 5.11 Å². The largest absolute Gasteiger partial charge is 0.478 e. The Balaban J connectivity index is 2.07. The van der Waals surface area contributed by atoms with E-state index >= 15 is 0 Å². The van der Waals surface area contributed by atoms with Crippen molar-refractivity contribution in [3.63, 3.8) is 0 Å². The summed E-state index contributed by atoms with van der Waals surface area (Å²) in [6.07, 6.45) is 7.89. The van der Waals surface area contributed by atoms with Crippen LogP contribution in [-0.4, -0.2) is 39.2 Å². The lowest BCUT2D eigenvalue weighted by Crippen LogP contribution is -2.38. The third-order valence-electron chi connectivity index (χ3n) is 3.53. The zero-order valence-electron chi connectivity index (χ0n) is 11.5. The average molecular weight is 290 g/mol. The summed E-state index contributed by atoms with van der Waals surface area (Å²) < 4.78 is 0. The minimum absolute atomic E-state index is 0.0466. The summed E-state index contributed by atoms with van der Waals surface area (Å²) >= 11 is 0. The molecule has 2 rings (SSSR count). The number of amides is 1. The van der Waals surface area contributed by atoms with Crippen molar-refractivity contribution in [1.82, 2.24) is 10.3 Å². The molecular weight excluding hydrogens is 272 g/mol. The number of carbonyl (C=O) groups excluding carboxylic acids is 1. The molecule has 1 aliphatic rings. The standard InChI is InChI=1S/C15H18N2O4/c18-12-4-2-11(3-5-12)17-15(21)13-7-8-16-9-10(13)1-6-14(19)20/h1,6-9,11-12,18H,2-5H2,(H,17,21)(H,19,20)/b6-1+. The Kier molecular flexibility index (Phi) is 5.05. The summed E-state index contributed by atoms with van der Waals surface area (Å²) in [6, 6.07) is 1.61. The van der Waals surface area contributed by atoms with Gasteiger partial charge in [0.15, 0.2) is 0 Å². The van der Waals surface area contributed by atoms with Crippen molar-refractivity contribution in [2.24, 2.45) is 0 Å². The van der Waals surface area contributed by atoms with Gasteiger partial charge >= 0.3 is 5.97 Å². The molecule has 0 aromatic carbocycles. The van der Waals surface area contributed by atoms with Gasteiger partial charge in [0.2, 0.25) is 0 Å². The lowest BCUT2D eigenvalue weighted by molar-refractivity contribution is -0.131. The first kappa shape index (κ1) is 15.2. The summed E-state index contributed by atoms with van der Waals surface area (Å²) in [6.45, 7) is 0. The summed E-state index contributed by atoms with van der Waals surface area (Å²) in [4.78, 5) is 26.8. The molecule has 0 unspecified atom stereocenters. The minimum atomic E-state index is -1.08. The molecular formula is C15H18N2O4. The van der Waals surface area contributed by atoms with Crippen LogP contribution in [0.2, 0.25) is 0 Å². The summed E-state index contributed by atoms with van der Waals surface area (Å²) in [5, 5.41) is 21.0. The van der Waals surface area contributed by atoms with Gasteiger partial charge in [-0.05, 0) is 37.8 Å². The van der Waals surface area contributed by atoms with E-state index in [-0.39, 0.29) is 18.1 Å². The predicted molar refractivity (Wildman–Crippen MR) is 76.6 cm³/mol. The molecule has 6 heteroatoms. The van der Waals surface area contributed by atoms with Crippen LogP contribution in [0.15, 0.2) is 24.5 Å². The molecule has 6 nitrogen and oxygen atoms in total. The molecule has 1 aromatic rings. The number of nitrogens with zero attached hydrogens (tertiary/aromatic N) is 1. The molecule has 1 fully saturated rings. The highest BCUT2D eigenvalue weighted by molar-refractivity contribution is 5.98. The summed E-state index contributed by atoms with van der Waals surface area (Å²) in [5.41, 5.74) is 0.863. The third kappa shape index (κ3) is 4.39. The molecule has 0 atom stereocenters. The molecule has 112 valence electrons. The Labute approximate surface area is 122 Å². The molecule has 3 N–H and O–H groups in total. The molecule has 0 spiro atoms. The normalized spacial score (nSPS) is 22.1. The Morgan fingerprint density at radius 2 is 2.00 bits per heavy atom. The molecule has 1 aliphatic carbocycles. The van der Waals surface area contributed by atoms with Crippen LogP contribution >= 0.6 is 0 Å². The first-order valence-corrected chi connectivity index (χ1v) is 6.90. The highest BCUT2D eigenvalue weighted by Crippen LogP contribution is 2.19. The van der Waals surface area contributed by atoms with E-state index in [1.54, 1.807) is 6.07 Å². The van der Waals surface area contributed by atoms with Gasteiger partial charge < -0.3 is 15.5 Å². The lowest BCUT2D eigenvalue weighted by atomic mass is 9.93. The molecule has 1 aromatic heterocycles. The van der Waals surface area contributed by atoms with E-state index in [9.17, 15) is 14.7 Å². The van der Waals surface area contributed by atoms with Gasteiger partial charge in [-0.2, -0.15) is 0 Å². The van der Waals surface area contributed by atoms with Crippen LogP contribution < -0.4 is 5.32 Å². The third-order valence-corrected chi connectivity index (χ3v) is 3.53. The van der Waals surface area contributed by atoms with Gasteiger partial charge in [0.05, 0.1) is 6.10 Å². The topological polar surface area (TPSA) is 99.5 Å². The fourth-order valence-corrected chi connectivity index (χ4v) is 2.39. The van der Waals surface area contributed by atoms with Gasteiger partial charge in [0, 0.05) is 35.6 Å². The van der Waals surface area contributed by atoms with Gasteiger partial charge in [-0.1, -0.05) is 0 Å². The van der Waals surface area contributed by atoms with E-state index in [2.05, 4.69) is 10.3 Å². The molecule has 1 saturated carbocycles. The first-order chi connectivity index (χ1) is 10.1. The van der Waals surface area contributed by atoms with E-state index in [0.717, 1.165) is 18.9 Å². The Bertz CT molecular complexity index is 548. The average Bonchev–Trinajstić information content (AvgIpc) is 2.47. The zero-order valence-corrected chi connectivity index (χ0v) is 11.5. The number of aliphatic hydroxyl groups is 1. The van der Waals surface area contributed by atoms with Crippen LogP contribution in [0.1, 0.15) is 41.6 Å². The zero-order chi connectivity index (χ0) is 15.2. The van der Waals surface area contributed by atoms with Crippen LogP contribution in [-0.2, 0) is 4.79 Å². The number of aliphatic hydroxyl groups excluding tert-OH is 1. The van der Waals surface area contributed by atoms with Crippen molar-refractivity contribution in [2.45, 2.75) is 37.8 Å². The van der Waals surface area contributed by atoms with Crippen molar-refractivity contribution in [1.29, 1.82) is 0 Å². The monoisotopic (exact) mass is 290 g/mol. The van der Waals surface area contributed by atoms with Crippen LogP contribution in [0.4, 0.5) is 0 Å². The van der Waals surface area contributed by atoms with E-state index < -0.39 is 5.97 Å². The number of carbonyl (C=O) groups is 2. The number of aromatic nitrogens is 1. The maximum atomic E-state index is 12.3. The number of aliphatic carboxylic acids is 1. The van der Waals surface area contributed by atoms with Crippen LogP contribution in [0.3, 0.4) is 0 Å². The van der Waals surface area contributed by atoms with Crippen molar-refractivity contribution in [3.8, 4) is 0 Å². The first-order valence-electron chi connectivity index (χ1n) is 6.90. The smallest absolute Gasteiger partial charge is 0.328 e. The molecule has 0 aliphatic heterocycles. The predicted octanol–water partition coefficient (Wildman–Crippen LogP) is 1.21.